The molecule has 2 rings (SSSR count). The van der Waals surface area contributed by atoms with Crippen LogP contribution < -0.4 is 21.1 Å². The number of hydrogen-bond acceptors (Lipinski definition) is 5. The topological polar surface area (TPSA) is 112 Å². The van der Waals surface area contributed by atoms with E-state index in [0.717, 1.165) is 11.3 Å². The van der Waals surface area contributed by atoms with Crippen LogP contribution in [0.25, 0.3) is 0 Å². The van der Waals surface area contributed by atoms with Crippen molar-refractivity contribution < 1.29 is 19.6 Å². The second kappa shape index (κ2) is 7.33. The molecular weight excluding hydrogens is 311 g/mol. The lowest BCUT2D eigenvalue weighted by Gasteiger charge is -2.12. The molecule has 8 heteroatoms. The summed E-state index contributed by atoms with van der Waals surface area (Å²) in [5, 5.41) is 21.0. The number of carbonyl (C=O) groups is 1. The molecule has 0 aliphatic heterocycles. The van der Waals surface area contributed by atoms with Crippen LogP contribution in [0.3, 0.4) is 0 Å². The van der Waals surface area contributed by atoms with Gasteiger partial charge in [0.1, 0.15) is 5.75 Å². The number of nitrogens with one attached hydrogen (secondary N) is 2. The number of rotatable bonds is 5. The molecule has 4 N–H and O–H groups in total. The smallest absolute Gasteiger partial charge is 0.488 e. The van der Waals surface area contributed by atoms with E-state index in [4.69, 9.17) is 14.8 Å². The van der Waals surface area contributed by atoms with Crippen molar-refractivity contribution in [2.24, 2.45) is 0 Å². The van der Waals surface area contributed by atoms with Crippen LogP contribution in [0.1, 0.15) is 27.2 Å². The Morgan fingerprint density at radius 3 is 2.58 bits per heavy atom. The lowest BCUT2D eigenvalue weighted by atomic mass is 9.80. The van der Waals surface area contributed by atoms with Gasteiger partial charge in [0.25, 0.3) is 11.5 Å². The predicted octanol–water partition coefficient (Wildman–Crippen LogP) is -0.390. The van der Waals surface area contributed by atoms with Crippen LogP contribution >= 0.6 is 0 Å². The molecule has 0 saturated carbocycles. The number of ether oxygens (including phenoxy) is 1. The van der Waals surface area contributed by atoms with E-state index in [9.17, 15) is 9.59 Å². The zero-order chi connectivity index (χ0) is 17.9. The van der Waals surface area contributed by atoms with E-state index in [1.807, 2.05) is 13.0 Å². The molecule has 1 heterocycles. The Balaban J connectivity index is 2.20. The largest absolute Gasteiger partial charge is 0.496 e. The van der Waals surface area contributed by atoms with Crippen LogP contribution in [0.5, 0.6) is 5.75 Å². The number of carbonyl (C=O) groups excluding carboxylic acids is 1. The summed E-state index contributed by atoms with van der Waals surface area (Å²) in [5.41, 5.74) is 2.25. The highest BCUT2D eigenvalue weighted by atomic mass is 16.5. The van der Waals surface area contributed by atoms with Crippen LogP contribution in [0.15, 0.2) is 29.1 Å². The summed E-state index contributed by atoms with van der Waals surface area (Å²) in [6, 6.07) is 6.08. The number of aryl methyl sites for hydroxylation is 2. The summed E-state index contributed by atoms with van der Waals surface area (Å²) < 4.78 is 5.12. The van der Waals surface area contributed by atoms with Crippen LogP contribution in [-0.4, -0.2) is 35.2 Å². The third-order valence-electron chi connectivity index (χ3n) is 3.69. The predicted molar refractivity (Wildman–Crippen MR) is 90.5 cm³/mol. The summed E-state index contributed by atoms with van der Waals surface area (Å²) in [6.07, 6.45) is 0. The third kappa shape index (κ3) is 3.84. The van der Waals surface area contributed by atoms with Crippen LogP contribution in [-0.2, 0) is 6.54 Å². The normalized spacial score (nSPS) is 10.4. The Morgan fingerprint density at radius 1 is 1.29 bits per heavy atom. The second-order valence-corrected chi connectivity index (χ2v) is 5.46. The number of benzene rings is 1. The maximum absolute atomic E-state index is 12.3. The molecule has 0 unspecified atom stereocenters. The molecule has 0 atom stereocenters. The van der Waals surface area contributed by atoms with E-state index in [2.05, 4.69) is 10.3 Å². The van der Waals surface area contributed by atoms with Gasteiger partial charge in [-0.2, -0.15) is 0 Å². The van der Waals surface area contributed by atoms with Gasteiger partial charge in [-0.25, -0.2) is 0 Å². The molecule has 0 saturated heterocycles. The minimum absolute atomic E-state index is 0.0772. The Kier molecular flexibility index (Phi) is 5.43. The minimum Gasteiger partial charge on any atom is -0.496 e. The summed E-state index contributed by atoms with van der Waals surface area (Å²) >= 11 is 0. The lowest BCUT2D eigenvalue weighted by molar-refractivity contribution is 0.0947. The third-order valence-corrected chi connectivity index (χ3v) is 3.69. The Hall–Kier alpha value is -2.58. The molecule has 1 aromatic carbocycles. The number of aromatic amines is 1. The van der Waals surface area contributed by atoms with E-state index in [-0.39, 0.29) is 28.9 Å². The Labute approximate surface area is 139 Å². The average Bonchev–Trinajstić information content (AvgIpc) is 2.52. The van der Waals surface area contributed by atoms with Gasteiger partial charge in [0.15, 0.2) is 0 Å². The Bertz CT molecular complexity index is 817. The number of H-pyrrole nitrogens is 1. The van der Waals surface area contributed by atoms with Crippen LogP contribution in [0.2, 0.25) is 0 Å². The highest BCUT2D eigenvalue weighted by Crippen LogP contribution is 2.16. The summed E-state index contributed by atoms with van der Waals surface area (Å²) in [4.78, 5) is 27.0. The number of methoxy groups -OCH3 is 1. The van der Waals surface area contributed by atoms with E-state index >= 15 is 0 Å². The van der Waals surface area contributed by atoms with Crippen LogP contribution in [0.4, 0.5) is 0 Å². The Morgan fingerprint density at radius 2 is 2.00 bits per heavy atom. The van der Waals surface area contributed by atoms with E-state index in [1.165, 1.54) is 25.3 Å². The first-order valence-electron chi connectivity index (χ1n) is 7.35. The van der Waals surface area contributed by atoms with Crippen molar-refractivity contribution in [3.8, 4) is 5.75 Å². The number of hydrogen-bond donors (Lipinski definition) is 4. The zero-order valence-electron chi connectivity index (χ0n) is 13.7. The molecule has 0 aliphatic rings. The number of pyridine rings is 1. The fourth-order valence-corrected chi connectivity index (χ4v) is 2.42. The molecule has 0 fully saturated rings. The first-order valence-corrected chi connectivity index (χ1v) is 7.35. The quantitative estimate of drug-likeness (QED) is 0.558. The van der Waals surface area contributed by atoms with Gasteiger partial charge in [-0.15, -0.1) is 0 Å². The lowest BCUT2D eigenvalue weighted by Crippen LogP contribution is -2.31. The molecule has 126 valence electrons. The summed E-state index contributed by atoms with van der Waals surface area (Å²) in [5.74, 6) is -0.210. The standard InChI is InChI=1S/C16H19BN2O5/c1-9-6-10(2)19-16(21)13(9)8-18-15(20)12-5-4-11(17(22)23)7-14(12)24-3/h4-7,22-23H,8H2,1-3H3,(H,18,20)(H,19,21). The van der Waals surface area contributed by atoms with E-state index in [0.29, 0.717) is 5.56 Å². The van der Waals surface area contributed by atoms with Crippen molar-refractivity contribution in [1.82, 2.24) is 10.3 Å². The minimum atomic E-state index is -1.65. The van der Waals surface area contributed by atoms with Gasteiger partial charge in [0.05, 0.1) is 12.7 Å². The number of aromatic nitrogens is 1. The van der Waals surface area contributed by atoms with Crippen molar-refractivity contribution in [3.05, 3.63) is 57.0 Å². The highest BCUT2D eigenvalue weighted by Gasteiger charge is 2.18. The molecular formula is C16H19BN2O5. The first-order chi connectivity index (χ1) is 11.3. The van der Waals surface area contributed by atoms with E-state index < -0.39 is 13.0 Å². The maximum Gasteiger partial charge on any atom is 0.488 e. The van der Waals surface area contributed by atoms with Gasteiger partial charge in [-0.1, -0.05) is 6.07 Å². The monoisotopic (exact) mass is 330 g/mol. The SMILES string of the molecule is COc1cc(B(O)O)ccc1C(=O)NCc1c(C)cc(C)[nH]c1=O. The van der Waals surface area contributed by atoms with Gasteiger partial charge in [0, 0.05) is 17.8 Å². The maximum atomic E-state index is 12.3. The van der Waals surface area contributed by atoms with Crippen LogP contribution in [0, 0.1) is 13.8 Å². The number of amides is 1. The van der Waals surface area contributed by atoms with Crippen molar-refractivity contribution in [2.45, 2.75) is 20.4 Å². The second-order valence-electron chi connectivity index (χ2n) is 5.46. The zero-order valence-corrected chi connectivity index (χ0v) is 13.7. The molecule has 0 bridgehead atoms. The molecule has 24 heavy (non-hydrogen) atoms. The first kappa shape index (κ1) is 17.8. The van der Waals surface area contributed by atoms with Gasteiger partial charge in [-0.05, 0) is 43.1 Å². The highest BCUT2D eigenvalue weighted by molar-refractivity contribution is 6.58. The van der Waals surface area contributed by atoms with Gasteiger partial charge in [-0.3, -0.25) is 9.59 Å². The summed E-state index contributed by atoms with van der Waals surface area (Å²) in [6.45, 7) is 3.67. The summed E-state index contributed by atoms with van der Waals surface area (Å²) in [7, 11) is -0.265. The molecule has 0 radical (unpaired) electrons. The molecule has 0 spiro atoms. The fourth-order valence-electron chi connectivity index (χ4n) is 2.42. The molecule has 1 aromatic heterocycles. The van der Waals surface area contributed by atoms with Gasteiger partial charge in [0.2, 0.25) is 0 Å². The molecule has 0 aliphatic carbocycles. The van der Waals surface area contributed by atoms with Crippen molar-refractivity contribution >= 4 is 18.5 Å². The molecule has 1 amide bonds. The molecule has 2 aromatic rings. The molecule has 7 nitrogen and oxygen atoms in total. The van der Waals surface area contributed by atoms with Crippen molar-refractivity contribution in [2.75, 3.05) is 7.11 Å². The fraction of sp³-hybridized carbons (Fsp3) is 0.250. The average molecular weight is 330 g/mol. The van der Waals surface area contributed by atoms with Crippen molar-refractivity contribution in [1.29, 1.82) is 0 Å². The van der Waals surface area contributed by atoms with Gasteiger partial charge >= 0.3 is 7.12 Å². The van der Waals surface area contributed by atoms with Gasteiger partial charge < -0.3 is 25.1 Å². The van der Waals surface area contributed by atoms with Crippen molar-refractivity contribution in [3.63, 3.8) is 0 Å². The van der Waals surface area contributed by atoms with E-state index in [1.54, 1.807) is 6.92 Å².